The molecular formula is C36H28BCl2IO2. The van der Waals surface area contributed by atoms with Crippen molar-refractivity contribution in [3.8, 4) is 33.4 Å². The van der Waals surface area contributed by atoms with E-state index in [1.165, 1.54) is 20.3 Å². The second-order valence-electron chi connectivity index (χ2n) is 9.26. The van der Waals surface area contributed by atoms with Crippen LogP contribution < -0.4 is 5.46 Å². The van der Waals surface area contributed by atoms with Gasteiger partial charge in [-0.25, -0.2) is 0 Å². The fraction of sp³-hybridized carbons (Fsp3) is 0. The lowest BCUT2D eigenvalue weighted by Gasteiger charge is -2.05. The molecule has 6 heteroatoms. The van der Waals surface area contributed by atoms with Crippen LogP contribution in [0.25, 0.3) is 33.4 Å². The van der Waals surface area contributed by atoms with Crippen molar-refractivity contribution in [2.24, 2.45) is 0 Å². The first kappa shape index (κ1) is 31.5. The average molecular weight is 701 g/mol. The van der Waals surface area contributed by atoms with Crippen LogP contribution in [0.2, 0.25) is 10.0 Å². The molecule has 0 spiro atoms. The van der Waals surface area contributed by atoms with E-state index in [-0.39, 0.29) is 0 Å². The van der Waals surface area contributed by atoms with Gasteiger partial charge >= 0.3 is 7.12 Å². The van der Waals surface area contributed by atoms with Gasteiger partial charge in [0.25, 0.3) is 0 Å². The zero-order chi connectivity index (χ0) is 29.7. The van der Waals surface area contributed by atoms with Gasteiger partial charge in [0.15, 0.2) is 0 Å². The standard InChI is InChI=1S/C18H13Cl.C12H11BO2.C6H4ClI/c19-18-8-4-7-17(13-18)16-11-9-15(10-12-16)14-5-2-1-3-6-14;14-13(15)12-8-6-11(7-9-12)10-4-2-1-3-5-10;7-5-2-1-3-6(8)4-5/h1-13H;1-9,14-15H;1-4H. The van der Waals surface area contributed by atoms with Crippen molar-refractivity contribution < 1.29 is 10.0 Å². The molecule has 42 heavy (non-hydrogen) atoms. The Balaban J connectivity index is 0.000000157. The maximum atomic E-state index is 8.94. The van der Waals surface area contributed by atoms with E-state index in [2.05, 4.69) is 77.2 Å². The second-order valence-corrected chi connectivity index (χ2v) is 11.4. The summed E-state index contributed by atoms with van der Waals surface area (Å²) >= 11 is 13.9. The SMILES string of the molecule is Clc1cccc(-c2ccc(-c3ccccc3)cc2)c1.Clc1cccc(I)c1.OB(O)c1ccc(-c2ccccc2)cc1. The molecule has 6 aromatic rings. The highest BCUT2D eigenvalue weighted by molar-refractivity contribution is 14.1. The molecule has 2 nitrogen and oxygen atoms in total. The highest BCUT2D eigenvalue weighted by atomic mass is 127. The lowest BCUT2D eigenvalue weighted by molar-refractivity contribution is 0.426. The highest BCUT2D eigenvalue weighted by Crippen LogP contribution is 2.26. The van der Waals surface area contributed by atoms with E-state index in [1.54, 1.807) is 12.1 Å². The molecule has 0 amide bonds. The van der Waals surface area contributed by atoms with Gasteiger partial charge in [-0.3, -0.25) is 0 Å². The summed E-state index contributed by atoms with van der Waals surface area (Å²) in [5, 5.41) is 19.5. The summed E-state index contributed by atoms with van der Waals surface area (Å²) in [5.41, 5.74) is 7.49. The molecule has 0 unspecified atom stereocenters. The van der Waals surface area contributed by atoms with Crippen LogP contribution in [0.1, 0.15) is 0 Å². The summed E-state index contributed by atoms with van der Waals surface area (Å²) in [6.45, 7) is 0. The smallest absolute Gasteiger partial charge is 0.423 e. The number of hydrogen-bond acceptors (Lipinski definition) is 2. The molecule has 0 aromatic heterocycles. The zero-order valence-electron chi connectivity index (χ0n) is 22.6. The van der Waals surface area contributed by atoms with Crippen LogP contribution in [-0.2, 0) is 0 Å². The molecule has 0 heterocycles. The van der Waals surface area contributed by atoms with Crippen molar-refractivity contribution in [3.05, 3.63) is 171 Å². The topological polar surface area (TPSA) is 40.5 Å². The van der Waals surface area contributed by atoms with E-state index in [9.17, 15) is 0 Å². The summed E-state index contributed by atoms with van der Waals surface area (Å²) < 4.78 is 1.18. The van der Waals surface area contributed by atoms with Crippen molar-refractivity contribution in [2.75, 3.05) is 0 Å². The Morgan fingerprint density at radius 1 is 0.405 bits per heavy atom. The minimum absolute atomic E-state index is 0.509. The molecule has 0 saturated heterocycles. The summed E-state index contributed by atoms with van der Waals surface area (Å²) in [5.74, 6) is 0. The fourth-order valence-corrected chi connectivity index (χ4v) is 5.20. The predicted molar refractivity (Wildman–Crippen MR) is 188 cm³/mol. The lowest BCUT2D eigenvalue weighted by atomic mass is 9.80. The first-order valence-corrected chi connectivity index (χ1v) is 15.1. The predicted octanol–water partition coefficient (Wildman–Crippen LogP) is 9.65. The summed E-state index contributed by atoms with van der Waals surface area (Å²) in [7, 11) is -1.39. The number of hydrogen-bond donors (Lipinski definition) is 2. The molecule has 0 aliphatic rings. The zero-order valence-corrected chi connectivity index (χ0v) is 26.3. The van der Waals surface area contributed by atoms with E-state index in [0.717, 1.165) is 26.7 Å². The average Bonchev–Trinajstić information content (AvgIpc) is 3.03. The van der Waals surface area contributed by atoms with E-state index in [0.29, 0.717) is 5.46 Å². The largest absolute Gasteiger partial charge is 0.488 e. The van der Waals surface area contributed by atoms with Crippen molar-refractivity contribution in [1.82, 2.24) is 0 Å². The molecule has 6 aromatic carbocycles. The van der Waals surface area contributed by atoms with Gasteiger partial charge in [0, 0.05) is 13.6 Å². The molecule has 208 valence electrons. The van der Waals surface area contributed by atoms with Crippen LogP contribution in [0.3, 0.4) is 0 Å². The highest BCUT2D eigenvalue weighted by Gasteiger charge is 2.09. The van der Waals surface area contributed by atoms with Crippen LogP contribution in [0.4, 0.5) is 0 Å². The molecule has 2 N–H and O–H groups in total. The molecule has 0 bridgehead atoms. The maximum absolute atomic E-state index is 8.94. The Kier molecular flexibility index (Phi) is 12.2. The number of rotatable bonds is 4. The Hall–Kier alpha value is -3.39. The quantitative estimate of drug-likeness (QED) is 0.142. The van der Waals surface area contributed by atoms with Gasteiger partial charge < -0.3 is 10.0 Å². The molecule has 0 aliphatic heterocycles. The Morgan fingerprint density at radius 2 is 0.786 bits per heavy atom. The van der Waals surface area contributed by atoms with Crippen molar-refractivity contribution >= 4 is 58.4 Å². The number of halogens is 3. The third kappa shape index (κ3) is 9.86. The first-order valence-electron chi connectivity index (χ1n) is 13.2. The molecule has 0 saturated carbocycles. The molecular weight excluding hydrogens is 673 g/mol. The third-order valence-electron chi connectivity index (χ3n) is 6.25. The van der Waals surface area contributed by atoms with E-state index in [1.807, 2.05) is 91.0 Å². The van der Waals surface area contributed by atoms with Gasteiger partial charge in [0.05, 0.1) is 0 Å². The molecule has 0 radical (unpaired) electrons. The van der Waals surface area contributed by atoms with Gasteiger partial charge in [-0.15, -0.1) is 0 Å². The number of benzene rings is 6. The van der Waals surface area contributed by atoms with Gasteiger partial charge in [-0.05, 0) is 91.8 Å². The normalized spacial score (nSPS) is 10.0. The summed E-state index contributed by atoms with van der Waals surface area (Å²) in [6.07, 6.45) is 0. The van der Waals surface area contributed by atoms with E-state index in [4.69, 9.17) is 33.2 Å². The van der Waals surface area contributed by atoms with Crippen LogP contribution in [0, 0.1) is 3.57 Å². The van der Waals surface area contributed by atoms with Gasteiger partial charge in [-0.1, -0.05) is 151 Å². The third-order valence-corrected chi connectivity index (χ3v) is 7.39. The van der Waals surface area contributed by atoms with Crippen LogP contribution in [0.5, 0.6) is 0 Å². The van der Waals surface area contributed by atoms with Gasteiger partial charge in [0.1, 0.15) is 0 Å². The maximum Gasteiger partial charge on any atom is 0.488 e. The van der Waals surface area contributed by atoms with Gasteiger partial charge in [-0.2, -0.15) is 0 Å². The van der Waals surface area contributed by atoms with Crippen LogP contribution in [-0.4, -0.2) is 17.2 Å². The Morgan fingerprint density at radius 3 is 1.19 bits per heavy atom. The van der Waals surface area contributed by atoms with Crippen molar-refractivity contribution in [2.45, 2.75) is 0 Å². The molecule has 0 atom stereocenters. The van der Waals surface area contributed by atoms with E-state index >= 15 is 0 Å². The van der Waals surface area contributed by atoms with Crippen LogP contribution in [0.15, 0.2) is 158 Å². The van der Waals surface area contributed by atoms with E-state index < -0.39 is 7.12 Å². The van der Waals surface area contributed by atoms with Crippen molar-refractivity contribution in [3.63, 3.8) is 0 Å². The minimum atomic E-state index is -1.39. The summed E-state index contributed by atoms with van der Waals surface area (Å²) in [4.78, 5) is 0. The van der Waals surface area contributed by atoms with Gasteiger partial charge in [0.2, 0.25) is 0 Å². The second kappa shape index (κ2) is 16.3. The molecule has 0 fully saturated rings. The Bertz CT molecular complexity index is 1640. The monoisotopic (exact) mass is 700 g/mol. The lowest BCUT2D eigenvalue weighted by Crippen LogP contribution is -2.29. The van der Waals surface area contributed by atoms with Crippen molar-refractivity contribution in [1.29, 1.82) is 0 Å². The first-order chi connectivity index (χ1) is 20.4. The molecule has 0 aliphatic carbocycles. The Labute approximate surface area is 271 Å². The fourth-order valence-electron chi connectivity index (χ4n) is 4.09. The minimum Gasteiger partial charge on any atom is -0.423 e. The summed E-state index contributed by atoms with van der Waals surface area (Å²) in [6, 6.07) is 51.7. The van der Waals surface area contributed by atoms with Crippen LogP contribution >= 0.6 is 45.8 Å². The molecule has 6 rings (SSSR count).